The molecular weight excluding hydrogens is 230 g/mol. The van der Waals surface area contributed by atoms with Gasteiger partial charge in [0.15, 0.2) is 5.78 Å². The van der Waals surface area contributed by atoms with Crippen molar-refractivity contribution in [3.63, 3.8) is 0 Å². The highest BCUT2D eigenvalue weighted by Gasteiger charge is 2.19. The molecule has 1 rings (SSSR count). The summed E-state index contributed by atoms with van der Waals surface area (Å²) in [4.78, 5) is 11.1. The van der Waals surface area contributed by atoms with E-state index in [-0.39, 0.29) is 17.4 Å². The predicted molar refractivity (Wildman–Crippen MR) is 61.5 cm³/mol. The molecule has 2 unspecified atom stereocenters. The van der Waals surface area contributed by atoms with Crippen molar-refractivity contribution in [2.45, 2.75) is 19.1 Å². The Labute approximate surface area is 98.6 Å². The lowest BCUT2D eigenvalue weighted by molar-refractivity contribution is 0.0244. The fourth-order valence-electron chi connectivity index (χ4n) is 1.32. The average Bonchev–Trinajstić information content (AvgIpc) is 2.26. The number of Topliss-reactive ketones (excluding diaryl/α,β-unsaturated/α-hetero) is 1. The van der Waals surface area contributed by atoms with Crippen molar-refractivity contribution in [1.29, 1.82) is 0 Å². The molecule has 0 bridgehead atoms. The Morgan fingerprint density at radius 1 is 1.50 bits per heavy atom. The fourth-order valence-corrected chi connectivity index (χ4v) is 1.61. The number of aliphatic hydroxyl groups excluding tert-OH is 2. The van der Waals surface area contributed by atoms with Crippen LogP contribution in [0.3, 0.4) is 0 Å². The highest BCUT2D eigenvalue weighted by atomic mass is 35.5. The second-order valence-electron chi connectivity index (χ2n) is 3.54. The Morgan fingerprint density at radius 2 is 2.12 bits per heavy atom. The van der Waals surface area contributed by atoms with Crippen molar-refractivity contribution in [3.8, 4) is 0 Å². The molecule has 0 aliphatic carbocycles. The summed E-state index contributed by atoms with van der Waals surface area (Å²) in [5.41, 5.74) is 6.06. The molecule has 0 heterocycles. The minimum absolute atomic E-state index is 0.0635. The Balaban J connectivity index is 3.03. The Hall–Kier alpha value is -0.940. The number of carbonyl (C=O) groups is 1. The van der Waals surface area contributed by atoms with Crippen LogP contribution in [0.25, 0.3) is 0 Å². The number of nitrogens with two attached hydrogens (primary N) is 1. The van der Waals surface area contributed by atoms with E-state index in [1.165, 1.54) is 19.1 Å². The van der Waals surface area contributed by atoms with Gasteiger partial charge in [-0.1, -0.05) is 23.7 Å². The first-order valence-corrected chi connectivity index (χ1v) is 5.21. The molecule has 0 fully saturated rings. The van der Waals surface area contributed by atoms with Gasteiger partial charge in [0.05, 0.1) is 6.10 Å². The number of ketones is 1. The molecule has 4 N–H and O–H groups in total. The number of rotatable bonds is 4. The van der Waals surface area contributed by atoms with Crippen LogP contribution in [0.2, 0.25) is 5.02 Å². The highest BCUT2D eigenvalue weighted by Crippen LogP contribution is 2.26. The van der Waals surface area contributed by atoms with Gasteiger partial charge in [-0.25, -0.2) is 0 Å². The van der Waals surface area contributed by atoms with E-state index in [1.54, 1.807) is 6.07 Å². The lowest BCUT2D eigenvalue weighted by atomic mass is 10.0. The molecule has 0 saturated carbocycles. The van der Waals surface area contributed by atoms with Gasteiger partial charge < -0.3 is 15.9 Å². The van der Waals surface area contributed by atoms with Crippen LogP contribution in [0.15, 0.2) is 18.2 Å². The fraction of sp³-hybridized carbons (Fsp3) is 0.364. The summed E-state index contributed by atoms with van der Waals surface area (Å²) in [6.45, 7) is 1.36. The van der Waals surface area contributed by atoms with Gasteiger partial charge in [0, 0.05) is 22.7 Å². The summed E-state index contributed by atoms with van der Waals surface area (Å²) in [6, 6.07) is 4.53. The second-order valence-corrected chi connectivity index (χ2v) is 3.95. The molecule has 16 heavy (non-hydrogen) atoms. The monoisotopic (exact) mass is 243 g/mol. The molecule has 88 valence electrons. The molecule has 0 saturated heterocycles. The summed E-state index contributed by atoms with van der Waals surface area (Å²) >= 11 is 5.91. The third kappa shape index (κ3) is 2.80. The van der Waals surface area contributed by atoms with E-state index in [1.807, 2.05) is 0 Å². The van der Waals surface area contributed by atoms with Crippen LogP contribution in [0, 0.1) is 0 Å². The second kappa shape index (κ2) is 5.41. The normalized spacial score (nSPS) is 14.6. The zero-order valence-corrected chi connectivity index (χ0v) is 9.61. The molecule has 5 heteroatoms. The average molecular weight is 244 g/mol. The van der Waals surface area contributed by atoms with Crippen molar-refractivity contribution >= 4 is 17.4 Å². The van der Waals surface area contributed by atoms with Crippen LogP contribution >= 0.6 is 11.6 Å². The topological polar surface area (TPSA) is 83.5 Å². The van der Waals surface area contributed by atoms with E-state index >= 15 is 0 Å². The van der Waals surface area contributed by atoms with Crippen molar-refractivity contribution in [2.75, 3.05) is 6.54 Å². The first kappa shape index (κ1) is 13.1. The van der Waals surface area contributed by atoms with Gasteiger partial charge in [-0.05, 0) is 13.0 Å². The van der Waals surface area contributed by atoms with E-state index in [4.69, 9.17) is 17.3 Å². The van der Waals surface area contributed by atoms with Gasteiger partial charge in [-0.3, -0.25) is 4.79 Å². The van der Waals surface area contributed by atoms with Crippen LogP contribution in [-0.2, 0) is 0 Å². The number of hydrogen-bond donors (Lipinski definition) is 3. The zero-order chi connectivity index (χ0) is 12.3. The quantitative estimate of drug-likeness (QED) is 0.686. The summed E-state index contributed by atoms with van der Waals surface area (Å²) in [6.07, 6.45) is -2.21. The lowest BCUT2D eigenvalue weighted by Gasteiger charge is -2.17. The molecule has 4 nitrogen and oxygen atoms in total. The number of hydrogen-bond acceptors (Lipinski definition) is 4. The summed E-state index contributed by atoms with van der Waals surface area (Å²) in [7, 11) is 0. The molecule has 0 aliphatic heterocycles. The number of halogens is 1. The number of benzene rings is 1. The molecule has 1 aromatic rings. The van der Waals surface area contributed by atoms with Gasteiger partial charge in [0.1, 0.15) is 6.10 Å². The predicted octanol–water partition coefficient (Wildman–Crippen LogP) is 0.896. The smallest absolute Gasteiger partial charge is 0.159 e. The first-order chi connectivity index (χ1) is 7.47. The Kier molecular flexibility index (Phi) is 4.44. The van der Waals surface area contributed by atoms with Crippen molar-refractivity contribution in [1.82, 2.24) is 0 Å². The Bertz CT molecular complexity index is 395. The van der Waals surface area contributed by atoms with Gasteiger partial charge >= 0.3 is 0 Å². The summed E-state index contributed by atoms with van der Waals surface area (Å²) < 4.78 is 0. The van der Waals surface area contributed by atoms with Gasteiger partial charge in [-0.2, -0.15) is 0 Å². The Morgan fingerprint density at radius 3 is 2.56 bits per heavy atom. The van der Waals surface area contributed by atoms with Gasteiger partial charge in [0.2, 0.25) is 0 Å². The van der Waals surface area contributed by atoms with Gasteiger partial charge in [-0.15, -0.1) is 0 Å². The molecule has 0 spiro atoms. The molecule has 0 radical (unpaired) electrons. The molecule has 1 aromatic carbocycles. The van der Waals surface area contributed by atoms with E-state index < -0.39 is 12.2 Å². The lowest BCUT2D eigenvalue weighted by Crippen LogP contribution is -2.27. The zero-order valence-electron chi connectivity index (χ0n) is 8.85. The maximum Gasteiger partial charge on any atom is 0.159 e. The third-order valence-corrected chi connectivity index (χ3v) is 2.66. The minimum atomic E-state index is -1.14. The third-order valence-electron chi connectivity index (χ3n) is 2.33. The maximum atomic E-state index is 11.1. The van der Waals surface area contributed by atoms with Crippen molar-refractivity contribution in [2.24, 2.45) is 5.73 Å². The first-order valence-electron chi connectivity index (χ1n) is 4.84. The minimum Gasteiger partial charge on any atom is -0.389 e. The molecule has 0 aliphatic rings. The summed E-state index contributed by atoms with van der Waals surface area (Å²) in [5.74, 6) is -0.109. The van der Waals surface area contributed by atoms with Crippen LogP contribution in [0.4, 0.5) is 0 Å². The number of aliphatic hydroxyl groups is 2. The van der Waals surface area contributed by atoms with Crippen LogP contribution in [-0.4, -0.2) is 28.6 Å². The molecule has 2 atom stereocenters. The highest BCUT2D eigenvalue weighted by molar-refractivity contribution is 6.31. The molecular formula is C11H14ClNO3. The maximum absolute atomic E-state index is 11.1. The van der Waals surface area contributed by atoms with Crippen LogP contribution < -0.4 is 5.73 Å². The van der Waals surface area contributed by atoms with Gasteiger partial charge in [0.25, 0.3) is 0 Å². The standard InChI is InChI=1S/C11H14ClNO3/c1-6(14)7-2-3-8(9(12)4-7)11(16)10(15)5-13/h2-4,10-11,15-16H,5,13H2,1H3. The van der Waals surface area contributed by atoms with Crippen LogP contribution in [0.5, 0.6) is 0 Å². The van der Waals surface area contributed by atoms with E-state index in [0.717, 1.165) is 0 Å². The van der Waals surface area contributed by atoms with E-state index in [0.29, 0.717) is 11.1 Å². The number of carbonyl (C=O) groups excluding carboxylic acids is 1. The van der Waals surface area contributed by atoms with E-state index in [9.17, 15) is 15.0 Å². The van der Waals surface area contributed by atoms with Crippen molar-refractivity contribution < 1.29 is 15.0 Å². The SMILES string of the molecule is CC(=O)c1ccc(C(O)C(O)CN)c(Cl)c1. The summed E-state index contributed by atoms with van der Waals surface area (Å²) in [5, 5.41) is 19.3. The molecule has 0 amide bonds. The largest absolute Gasteiger partial charge is 0.389 e. The van der Waals surface area contributed by atoms with Crippen LogP contribution in [0.1, 0.15) is 28.9 Å². The van der Waals surface area contributed by atoms with E-state index in [2.05, 4.69) is 0 Å². The van der Waals surface area contributed by atoms with Crippen molar-refractivity contribution in [3.05, 3.63) is 34.3 Å². The molecule has 0 aromatic heterocycles.